The van der Waals surface area contributed by atoms with Crippen molar-refractivity contribution in [2.45, 2.75) is 19.9 Å². The Bertz CT molecular complexity index is 1530. The van der Waals surface area contributed by atoms with Gasteiger partial charge in [0.25, 0.3) is 5.56 Å². The van der Waals surface area contributed by atoms with E-state index in [0.29, 0.717) is 44.1 Å². The van der Waals surface area contributed by atoms with Crippen molar-refractivity contribution in [2.75, 3.05) is 13.2 Å². The molecule has 2 aromatic carbocycles. The number of ether oxygens (including phenoxy) is 2. The Morgan fingerprint density at radius 1 is 1.17 bits per heavy atom. The van der Waals surface area contributed by atoms with Crippen LogP contribution in [-0.4, -0.2) is 34.8 Å². The molecule has 0 saturated heterocycles. The highest BCUT2D eigenvalue weighted by molar-refractivity contribution is 7.07. The van der Waals surface area contributed by atoms with Crippen molar-refractivity contribution in [1.29, 1.82) is 0 Å². The minimum atomic E-state index is -1.02. The molecule has 2 heterocycles. The van der Waals surface area contributed by atoms with Gasteiger partial charge >= 0.3 is 11.9 Å². The number of carbonyl (C=O) groups excluding carboxylic acids is 1. The van der Waals surface area contributed by atoms with Gasteiger partial charge in [0, 0.05) is 0 Å². The first-order valence-corrected chi connectivity index (χ1v) is 12.0. The summed E-state index contributed by atoms with van der Waals surface area (Å²) in [5, 5.41) is 9.12. The molecule has 0 amide bonds. The number of nitrogens with zero attached hydrogens (tertiary/aromatic N) is 2. The van der Waals surface area contributed by atoms with Crippen LogP contribution in [0.2, 0.25) is 0 Å². The average molecular weight is 505 g/mol. The number of aromatic carboxylic acids is 1. The quantitative estimate of drug-likeness (QED) is 0.373. The molecule has 36 heavy (non-hydrogen) atoms. The number of thiazole rings is 1. The van der Waals surface area contributed by atoms with Crippen LogP contribution in [0.3, 0.4) is 0 Å². The van der Waals surface area contributed by atoms with Crippen molar-refractivity contribution < 1.29 is 24.2 Å². The molecule has 1 atom stereocenters. The van der Waals surface area contributed by atoms with Crippen molar-refractivity contribution in [1.82, 2.24) is 4.57 Å². The lowest BCUT2D eigenvalue weighted by Gasteiger charge is -2.24. The number of carbonyl (C=O) groups is 2. The molecule has 0 bridgehead atoms. The Hall–Kier alpha value is -4.24. The smallest absolute Gasteiger partial charge is 0.338 e. The second kappa shape index (κ2) is 10.6. The minimum Gasteiger partial charge on any atom is -0.490 e. The molecule has 8 nitrogen and oxygen atoms in total. The van der Waals surface area contributed by atoms with Crippen LogP contribution in [0.1, 0.15) is 41.4 Å². The van der Waals surface area contributed by atoms with Crippen LogP contribution in [0, 0.1) is 0 Å². The van der Waals surface area contributed by atoms with Gasteiger partial charge in [0.05, 0.1) is 34.0 Å². The molecule has 0 radical (unpaired) electrons. The maximum absolute atomic E-state index is 13.6. The van der Waals surface area contributed by atoms with Gasteiger partial charge in [-0.15, -0.1) is 0 Å². The SMILES string of the molecule is C=CCOc1ccc([C@@H]2C(C(=O)OCC)=C(C)N=c3s/c(=C\c4ccc(C(=O)O)cc4)c(=O)n32)cc1. The number of esters is 1. The summed E-state index contributed by atoms with van der Waals surface area (Å²) >= 11 is 1.20. The molecule has 4 rings (SSSR count). The fraction of sp³-hybridized carbons (Fsp3) is 0.185. The summed E-state index contributed by atoms with van der Waals surface area (Å²) in [6.07, 6.45) is 3.33. The summed E-state index contributed by atoms with van der Waals surface area (Å²) in [7, 11) is 0. The first kappa shape index (κ1) is 24.9. The maximum atomic E-state index is 13.6. The van der Waals surface area contributed by atoms with E-state index in [0.717, 1.165) is 0 Å². The first-order chi connectivity index (χ1) is 17.3. The third kappa shape index (κ3) is 4.92. The van der Waals surface area contributed by atoms with Crippen molar-refractivity contribution in [3.8, 4) is 5.75 Å². The predicted molar refractivity (Wildman–Crippen MR) is 136 cm³/mol. The molecule has 1 aromatic heterocycles. The second-order valence-electron chi connectivity index (χ2n) is 7.90. The molecule has 9 heteroatoms. The zero-order chi connectivity index (χ0) is 25.8. The Morgan fingerprint density at radius 2 is 1.86 bits per heavy atom. The summed E-state index contributed by atoms with van der Waals surface area (Å²) in [6.45, 7) is 7.63. The summed E-state index contributed by atoms with van der Waals surface area (Å²) in [5.74, 6) is -0.924. The molecule has 184 valence electrons. The highest BCUT2D eigenvalue weighted by atomic mass is 32.1. The lowest BCUT2D eigenvalue weighted by atomic mass is 9.96. The second-order valence-corrected chi connectivity index (χ2v) is 8.91. The molecular formula is C27H24N2O6S. The van der Waals surface area contributed by atoms with Crippen LogP contribution in [-0.2, 0) is 9.53 Å². The number of carboxylic acids is 1. The van der Waals surface area contributed by atoms with E-state index in [-0.39, 0.29) is 17.7 Å². The number of benzene rings is 2. The number of hydrogen-bond donors (Lipinski definition) is 1. The third-order valence-electron chi connectivity index (χ3n) is 5.54. The summed E-state index contributed by atoms with van der Waals surface area (Å²) in [6, 6.07) is 12.7. The Balaban J connectivity index is 1.85. The van der Waals surface area contributed by atoms with Crippen molar-refractivity contribution in [2.24, 2.45) is 4.99 Å². The van der Waals surface area contributed by atoms with Crippen LogP contribution >= 0.6 is 11.3 Å². The van der Waals surface area contributed by atoms with Crippen molar-refractivity contribution >= 4 is 29.4 Å². The molecule has 3 aromatic rings. The molecule has 0 spiro atoms. The topological polar surface area (TPSA) is 107 Å². The number of hydrogen-bond acceptors (Lipinski definition) is 7. The van der Waals surface area contributed by atoms with Crippen LogP contribution < -0.4 is 19.6 Å². The highest BCUT2D eigenvalue weighted by Crippen LogP contribution is 2.31. The number of aromatic nitrogens is 1. The van der Waals surface area contributed by atoms with E-state index in [1.807, 2.05) is 12.1 Å². The molecule has 0 aliphatic carbocycles. The van der Waals surface area contributed by atoms with Gasteiger partial charge in [-0.25, -0.2) is 14.6 Å². The molecule has 0 saturated carbocycles. The van der Waals surface area contributed by atoms with E-state index < -0.39 is 18.0 Å². The van der Waals surface area contributed by atoms with E-state index in [9.17, 15) is 14.4 Å². The Morgan fingerprint density at radius 3 is 2.47 bits per heavy atom. The predicted octanol–water partition coefficient (Wildman–Crippen LogP) is 3.06. The van der Waals surface area contributed by atoms with Gasteiger partial charge in [-0.05, 0) is 55.3 Å². The standard InChI is InChI=1S/C27H24N2O6S/c1-4-14-35-20-12-10-18(11-13-20)23-22(26(33)34-5-2)16(3)28-27-29(23)24(30)21(36-27)15-17-6-8-19(9-7-17)25(31)32/h4,6-13,15,23H,1,5,14H2,2-3H3,(H,31,32)/b21-15-/t23-/m1/s1. The third-order valence-corrected chi connectivity index (χ3v) is 6.52. The number of fused-ring (bicyclic) bond motifs is 1. The Labute approximate surface area is 210 Å². The molecule has 1 aliphatic rings. The lowest BCUT2D eigenvalue weighted by molar-refractivity contribution is -0.139. The van der Waals surface area contributed by atoms with Crippen LogP contribution in [0.15, 0.2) is 82.2 Å². The zero-order valence-electron chi connectivity index (χ0n) is 19.8. The normalized spacial score (nSPS) is 15.2. The van der Waals surface area contributed by atoms with Gasteiger partial charge in [-0.3, -0.25) is 9.36 Å². The van der Waals surface area contributed by atoms with Gasteiger partial charge in [-0.2, -0.15) is 0 Å². The van der Waals surface area contributed by atoms with Crippen LogP contribution in [0.5, 0.6) is 5.75 Å². The lowest BCUT2D eigenvalue weighted by Crippen LogP contribution is -2.39. The van der Waals surface area contributed by atoms with Gasteiger partial charge < -0.3 is 14.6 Å². The number of rotatable bonds is 8. The van der Waals surface area contributed by atoms with E-state index in [1.165, 1.54) is 28.0 Å². The van der Waals surface area contributed by atoms with E-state index >= 15 is 0 Å². The monoisotopic (exact) mass is 504 g/mol. The largest absolute Gasteiger partial charge is 0.490 e. The van der Waals surface area contributed by atoms with E-state index in [1.54, 1.807) is 50.3 Å². The van der Waals surface area contributed by atoms with Gasteiger partial charge in [0.15, 0.2) is 4.80 Å². The van der Waals surface area contributed by atoms with Crippen molar-refractivity contribution in [3.05, 3.63) is 109 Å². The summed E-state index contributed by atoms with van der Waals surface area (Å²) < 4.78 is 12.8. The van der Waals surface area contributed by atoms with Gasteiger partial charge in [0.1, 0.15) is 12.4 Å². The minimum absolute atomic E-state index is 0.156. The number of allylic oxidation sites excluding steroid dienone is 1. The van der Waals surface area contributed by atoms with Crippen molar-refractivity contribution in [3.63, 3.8) is 0 Å². The van der Waals surface area contributed by atoms with E-state index in [4.69, 9.17) is 14.6 Å². The molecule has 0 fully saturated rings. The number of carboxylic acid groups (broad SMARTS) is 1. The Kier molecular flexibility index (Phi) is 7.30. The van der Waals surface area contributed by atoms with Crippen LogP contribution in [0.25, 0.3) is 6.08 Å². The van der Waals surface area contributed by atoms with Crippen LogP contribution in [0.4, 0.5) is 0 Å². The average Bonchev–Trinajstić information content (AvgIpc) is 3.16. The fourth-order valence-electron chi connectivity index (χ4n) is 3.88. The molecule has 1 aliphatic heterocycles. The zero-order valence-corrected chi connectivity index (χ0v) is 20.6. The van der Waals surface area contributed by atoms with E-state index in [2.05, 4.69) is 11.6 Å². The fourth-order valence-corrected chi connectivity index (χ4v) is 4.93. The van der Waals surface area contributed by atoms with Gasteiger partial charge in [-0.1, -0.05) is 48.3 Å². The highest BCUT2D eigenvalue weighted by Gasteiger charge is 2.33. The summed E-state index contributed by atoms with van der Waals surface area (Å²) in [4.78, 5) is 42.7. The molecular weight excluding hydrogens is 480 g/mol. The molecule has 0 unspecified atom stereocenters. The maximum Gasteiger partial charge on any atom is 0.338 e. The summed E-state index contributed by atoms with van der Waals surface area (Å²) in [5.41, 5.74) is 1.99. The molecule has 1 N–H and O–H groups in total. The van der Waals surface area contributed by atoms with Gasteiger partial charge in [0.2, 0.25) is 0 Å². The first-order valence-electron chi connectivity index (χ1n) is 11.2.